The molecule has 1 aromatic carbocycles. The summed E-state index contributed by atoms with van der Waals surface area (Å²) in [4.78, 5) is 37.2. The third-order valence-electron chi connectivity index (χ3n) is 7.12. The van der Waals surface area contributed by atoms with Gasteiger partial charge in [0, 0.05) is 25.1 Å². The molecule has 13 heteroatoms. The van der Waals surface area contributed by atoms with E-state index in [-0.39, 0.29) is 37.3 Å². The first-order valence-electron chi connectivity index (χ1n) is 14.3. The lowest BCUT2D eigenvalue weighted by molar-refractivity contribution is -0.144. The lowest BCUT2D eigenvalue weighted by atomic mass is 9.74. The second kappa shape index (κ2) is 13.8. The Bertz CT molecular complexity index is 1440. The fraction of sp³-hybridized carbons (Fsp3) is 0.433. The number of pyridine rings is 1. The number of amides is 2. The molecule has 4 N–H and O–H groups in total. The van der Waals surface area contributed by atoms with Crippen molar-refractivity contribution in [2.24, 2.45) is 11.1 Å². The van der Waals surface area contributed by atoms with Crippen LogP contribution in [0.3, 0.4) is 0 Å². The van der Waals surface area contributed by atoms with E-state index in [4.69, 9.17) is 9.57 Å². The van der Waals surface area contributed by atoms with E-state index in [0.717, 1.165) is 5.56 Å². The van der Waals surface area contributed by atoms with Gasteiger partial charge in [-0.25, -0.2) is 0 Å². The molecule has 0 saturated heterocycles. The van der Waals surface area contributed by atoms with Crippen LogP contribution in [-0.2, 0) is 16.1 Å². The van der Waals surface area contributed by atoms with Crippen molar-refractivity contribution >= 4 is 24.6 Å². The minimum absolute atomic E-state index is 0.0339. The van der Waals surface area contributed by atoms with E-state index < -0.39 is 24.6 Å². The molecule has 3 heterocycles. The zero-order valence-electron chi connectivity index (χ0n) is 25.2. The Balaban J connectivity index is 1.52. The molecule has 4 rings (SSSR count). The quantitative estimate of drug-likeness (QED) is 0.221. The second-order valence-electron chi connectivity index (χ2n) is 11.4. The number of nitrogens with one attached hydrogen (secondary N) is 2. The number of carbonyl (C=O) groups excluding carboxylic acids is 2. The number of benzene rings is 1. The minimum atomic E-state index is -1.75. The summed E-state index contributed by atoms with van der Waals surface area (Å²) in [6.45, 7) is 7.75. The van der Waals surface area contributed by atoms with Crippen LogP contribution in [0.5, 0.6) is 5.75 Å². The van der Waals surface area contributed by atoms with E-state index >= 15 is 0 Å². The van der Waals surface area contributed by atoms with Gasteiger partial charge in [0.05, 0.1) is 31.0 Å². The maximum absolute atomic E-state index is 13.7. The van der Waals surface area contributed by atoms with Gasteiger partial charge in [0.25, 0.3) is 11.8 Å². The molecule has 12 nitrogen and oxygen atoms in total. The van der Waals surface area contributed by atoms with Crippen molar-refractivity contribution in [3.63, 3.8) is 0 Å². The third-order valence-corrected chi connectivity index (χ3v) is 7.12. The smallest absolute Gasteiger partial charge is 0.475 e. The van der Waals surface area contributed by atoms with E-state index in [1.807, 2.05) is 58.0 Å². The van der Waals surface area contributed by atoms with Gasteiger partial charge in [-0.3, -0.25) is 19.3 Å². The van der Waals surface area contributed by atoms with Gasteiger partial charge in [-0.1, -0.05) is 37.2 Å². The standard InChI is InChI=1S/C30H39BN6O6/c1-19(2)13-27(31(40)41)34-29(39)30(16-21-9-8-10-23(14-21)42-5)17-22(36-43-30)18-33-28(38)26-15-25(35-37(26)20(3)4)24-11-6-7-12-32-24/h6-12,14-15,19-20,27,40-41H,13,16-18H2,1-5H3,(H,33,38)(H,34,39)/t27-,30?/m0/s1. The normalized spacial score (nSPS) is 16.9. The second-order valence-corrected chi connectivity index (χ2v) is 11.4. The highest BCUT2D eigenvalue weighted by atomic mass is 16.7. The number of hydrogen-bond acceptors (Lipinski definition) is 9. The monoisotopic (exact) mass is 590 g/mol. The Morgan fingerprint density at radius 1 is 1.12 bits per heavy atom. The number of methoxy groups -OCH3 is 1. The Hall–Kier alpha value is -4.23. The summed E-state index contributed by atoms with van der Waals surface area (Å²) < 4.78 is 6.98. The van der Waals surface area contributed by atoms with E-state index in [0.29, 0.717) is 35.0 Å². The number of rotatable bonds is 13. The van der Waals surface area contributed by atoms with Gasteiger partial charge >= 0.3 is 7.12 Å². The van der Waals surface area contributed by atoms with Crippen LogP contribution in [0.2, 0.25) is 0 Å². The van der Waals surface area contributed by atoms with Gasteiger partial charge in [-0.2, -0.15) is 5.10 Å². The minimum Gasteiger partial charge on any atom is -0.497 e. The zero-order chi connectivity index (χ0) is 31.1. The molecule has 2 amide bonds. The Labute approximate surface area is 251 Å². The number of aromatic nitrogens is 3. The zero-order valence-corrected chi connectivity index (χ0v) is 25.2. The van der Waals surface area contributed by atoms with Gasteiger partial charge in [0.1, 0.15) is 17.1 Å². The van der Waals surface area contributed by atoms with Crippen molar-refractivity contribution in [2.75, 3.05) is 13.7 Å². The highest BCUT2D eigenvalue weighted by Crippen LogP contribution is 2.30. The summed E-state index contributed by atoms with van der Waals surface area (Å²) in [7, 11) is -0.190. The fourth-order valence-corrected chi connectivity index (χ4v) is 4.98. The van der Waals surface area contributed by atoms with Crippen LogP contribution in [0.25, 0.3) is 11.4 Å². The highest BCUT2D eigenvalue weighted by molar-refractivity contribution is 6.43. The van der Waals surface area contributed by atoms with Gasteiger partial charge in [0.2, 0.25) is 5.60 Å². The van der Waals surface area contributed by atoms with Crippen LogP contribution in [0.1, 0.15) is 62.6 Å². The largest absolute Gasteiger partial charge is 0.497 e. The topological polar surface area (TPSA) is 160 Å². The van der Waals surface area contributed by atoms with Crippen molar-refractivity contribution in [1.82, 2.24) is 25.4 Å². The maximum Gasteiger partial charge on any atom is 0.475 e. The van der Waals surface area contributed by atoms with Crippen molar-refractivity contribution in [3.05, 3.63) is 66.0 Å². The Kier molecular flexibility index (Phi) is 10.2. The number of ether oxygens (including phenoxy) is 1. The maximum atomic E-state index is 13.7. The first-order chi connectivity index (χ1) is 20.5. The van der Waals surface area contributed by atoms with Gasteiger partial charge < -0.3 is 30.3 Å². The van der Waals surface area contributed by atoms with E-state index in [2.05, 4.69) is 25.9 Å². The van der Waals surface area contributed by atoms with Crippen molar-refractivity contribution < 1.29 is 29.2 Å². The molecule has 3 aromatic rings. The van der Waals surface area contributed by atoms with Crippen molar-refractivity contribution in [2.45, 2.75) is 64.5 Å². The third kappa shape index (κ3) is 7.79. The molecule has 1 unspecified atom stereocenters. The number of nitrogens with zero attached hydrogens (tertiary/aromatic N) is 4. The molecular weight excluding hydrogens is 551 g/mol. The number of hydrogen-bond donors (Lipinski definition) is 4. The summed E-state index contributed by atoms with van der Waals surface area (Å²) in [6, 6.07) is 14.4. The average molecular weight is 590 g/mol. The number of oxime groups is 1. The Morgan fingerprint density at radius 2 is 1.91 bits per heavy atom. The molecule has 43 heavy (non-hydrogen) atoms. The fourth-order valence-electron chi connectivity index (χ4n) is 4.98. The SMILES string of the molecule is COc1cccc(CC2(C(=O)N[C@@H](CC(C)C)B(O)O)CC(CNC(=O)c3cc(-c4ccccn4)nn3C(C)C)=NO2)c1. The summed E-state index contributed by atoms with van der Waals surface area (Å²) in [5, 5.41) is 34.3. The van der Waals surface area contributed by atoms with E-state index in [9.17, 15) is 19.6 Å². The number of carbonyl (C=O) groups is 2. The summed E-state index contributed by atoms with van der Waals surface area (Å²) in [5.41, 5.74) is 1.35. The highest BCUT2D eigenvalue weighted by Gasteiger charge is 2.48. The van der Waals surface area contributed by atoms with Gasteiger partial charge in [0.15, 0.2) is 0 Å². The predicted molar refractivity (Wildman–Crippen MR) is 162 cm³/mol. The lowest BCUT2D eigenvalue weighted by Gasteiger charge is -2.29. The van der Waals surface area contributed by atoms with Crippen LogP contribution in [-0.4, -0.2) is 74.7 Å². The van der Waals surface area contributed by atoms with Crippen LogP contribution >= 0.6 is 0 Å². The van der Waals surface area contributed by atoms with Gasteiger partial charge in [-0.15, -0.1) is 0 Å². The molecular formula is C30H39BN6O6. The van der Waals surface area contributed by atoms with Crippen molar-refractivity contribution in [1.29, 1.82) is 0 Å². The molecule has 0 saturated carbocycles. The molecule has 0 fully saturated rings. The molecule has 2 atom stereocenters. The van der Waals surface area contributed by atoms with Crippen LogP contribution in [0.4, 0.5) is 0 Å². The predicted octanol–water partition coefficient (Wildman–Crippen LogP) is 2.57. The van der Waals surface area contributed by atoms with E-state index in [1.165, 1.54) is 0 Å². The molecule has 1 aliphatic rings. The van der Waals surface area contributed by atoms with Crippen LogP contribution in [0.15, 0.2) is 59.9 Å². The molecule has 0 spiro atoms. The molecule has 1 aliphatic heterocycles. The first kappa shape index (κ1) is 31.7. The first-order valence-corrected chi connectivity index (χ1v) is 14.3. The average Bonchev–Trinajstić information content (AvgIpc) is 3.62. The summed E-state index contributed by atoms with van der Waals surface area (Å²) in [6.07, 6.45) is 2.24. The summed E-state index contributed by atoms with van der Waals surface area (Å²) in [5.74, 6) is -1.06. The van der Waals surface area contributed by atoms with Crippen LogP contribution in [0, 0.1) is 5.92 Å². The van der Waals surface area contributed by atoms with Crippen LogP contribution < -0.4 is 15.4 Å². The molecule has 0 aliphatic carbocycles. The lowest BCUT2D eigenvalue weighted by Crippen LogP contribution is -2.56. The molecule has 0 bridgehead atoms. The Morgan fingerprint density at radius 3 is 2.56 bits per heavy atom. The molecule has 2 aromatic heterocycles. The molecule has 228 valence electrons. The van der Waals surface area contributed by atoms with Gasteiger partial charge in [-0.05, 0) is 62.1 Å². The summed E-state index contributed by atoms with van der Waals surface area (Å²) >= 11 is 0. The van der Waals surface area contributed by atoms with Crippen molar-refractivity contribution in [3.8, 4) is 17.1 Å². The van der Waals surface area contributed by atoms with E-state index in [1.54, 1.807) is 36.2 Å². The molecule has 0 radical (unpaired) electrons.